The van der Waals surface area contributed by atoms with Crippen LogP contribution in [0, 0.1) is 0 Å². The molecule has 3 rings (SSSR count). The summed E-state index contributed by atoms with van der Waals surface area (Å²) in [5.74, 6) is 0.523. The summed E-state index contributed by atoms with van der Waals surface area (Å²) in [6.45, 7) is 1.71. The number of hydrogen-bond acceptors (Lipinski definition) is 2. The van der Waals surface area contributed by atoms with E-state index in [1.165, 1.54) is 10.9 Å². The molecule has 1 unspecified atom stereocenters. The van der Waals surface area contributed by atoms with Crippen LogP contribution in [0.2, 0.25) is 0 Å². The van der Waals surface area contributed by atoms with Crippen LogP contribution in [0.4, 0.5) is 0 Å². The van der Waals surface area contributed by atoms with Gasteiger partial charge in [0.25, 0.3) is 0 Å². The molecule has 1 saturated heterocycles. The lowest BCUT2D eigenvalue weighted by Gasteiger charge is -2.05. The third-order valence-electron chi connectivity index (χ3n) is 2.90. The summed E-state index contributed by atoms with van der Waals surface area (Å²) >= 11 is 3.45. The van der Waals surface area contributed by atoms with Crippen molar-refractivity contribution in [2.24, 2.45) is 0 Å². The molecule has 0 saturated carbocycles. The molecule has 0 spiro atoms. The van der Waals surface area contributed by atoms with Crippen LogP contribution in [0.3, 0.4) is 0 Å². The van der Waals surface area contributed by atoms with Gasteiger partial charge in [-0.3, -0.25) is 0 Å². The Morgan fingerprint density at radius 1 is 1.53 bits per heavy atom. The molecule has 3 nitrogen and oxygen atoms in total. The molecular weight excluding hydrogens is 256 g/mol. The lowest BCUT2D eigenvalue weighted by atomic mass is 9.99. The van der Waals surface area contributed by atoms with E-state index in [4.69, 9.17) is 4.74 Å². The van der Waals surface area contributed by atoms with Crippen molar-refractivity contribution in [1.82, 2.24) is 9.97 Å². The van der Waals surface area contributed by atoms with Gasteiger partial charge in [0.2, 0.25) is 0 Å². The van der Waals surface area contributed by atoms with Gasteiger partial charge in [-0.25, -0.2) is 4.98 Å². The van der Waals surface area contributed by atoms with Gasteiger partial charge in [-0.2, -0.15) is 0 Å². The summed E-state index contributed by atoms with van der Waals surface area (Å²) < 4.78 is 6.44. The van der Waals surface area contributed by atoms with E-state index in [1.54, 1.807) is 0 Å². The van der Waals surface area contributed by atoms with E-state index in [0.717, 1.165) is 29.8 Å². The first-order valence-corrected chi connectivity index (χ1v) is 5.84. The summed E-state index contributed by atoms with van der Waals surface area (Å²) in [4.78, 5) is 7.53. The summed E-state index contributed by atoms with van der Waals surface area (Å²) in [6, 6.07) is 2.12. The number of H-pyrrole nitrogens is 1. The Morgan fingerprint density at radius 2 is 2.47 bits per heavy atom. The standard InChI is InChI=1S/C11H11BrN2O/c12-8-3-9-10(7-1-2-15-6-7)5-14-11(9)13-4-8/h3-5,7H,1-2,6H2,(H,13,14). The molecule has 1 aliphatic rings. The van der Waals surface area contributed by atoms with E-state index in [1.807, 2.05) is 6.20 Å². The molecule has 1 N–H and O–H groups in total. The molecule has 0 aromatic carbocycles. The van der Waals surface area contributed by atoms with Crippen LogP contribution in [-0.2, 0) is 4.74 Å². The zero-order chi connectivity index (χ0) is 10.3. The highest BCUT2D eigenvalue weighted by atomic mass is 79.9. The third kappa shape index (κ3) is 1.58. The average Bonchev–Trinajstić information content (AvgIpc) is 2.83. The van der Waals surface area contributed by atoms with Gasteiger partial charge in [0.1, 0.15) is 5.65 Å². The van der Waals surface area contributed by atoms with E-state index in [9.17, 15) is 0 Å². The summed E-state index contributed by atoms with van der Waals surface area (Å²) in [7, 11) is 0. The number of halogens is 1. The van der Waals surface area contributed by atoms with Gasteiger partial charge >= 0.3 is 0 Å². The minimum Gasteiger partial charge on any atom is -0.381 e. The summed E-state index contributed by atoms with van der Waals surface area (Å²) in [5.41, 5.74) is 2.29. The first-order valence-electron chi connectivity index (χ1n) is 5.05. The molecule has 1 atom stereocenters. The van der Waals surface area contributed by atoms with Crippen LogP contribution in [0.1, 0.15) is 17.9 Å². The van der Waals surface area contributed by atoms with Crippen LogP contribution in [-0.4, -0.2) is 23.2 Å². The first-order chi connectivity index (χ1) is 7.34. The molecule has 2 aromatic heterocycles. The number of fused-ring (bicyclic) bond motifs is 1. The molecule has 78 valence electrons. The second-order valence-electron chi connectivity index (χ2n) is 3.85. The van der Waals surface area contributed by atoms with Crippen molar-refractivity contribution in [3.8, 4) is 0 Å². The number of nitrogens with one attached hydrogen (secondary N) is 1. The number of nitrogens with zero attached hydrogens (tertiary/aromatic N) is 1. The molecule has 1 aliphatic heterocycles. The fourth-order valence-electron chi connectivity index (χ4n) is 2.12. The Bertz CT molecular complexity index is 488. The van der Waals surface area contributed by atoms with Crippen molar-refractivity contribution < 1.29 is 4.74 Å². The van der Waals surface area contributed by atoms with E-state index in [0.29, 0.717) is 5.92 Å². The SMILES string of the molecule is Brc1cnc2[nH]cc(C3CCOC3)c2c1. The fraction of sp³-hybridized carbons (Fsp3) is 0.364. The number of ether oxygens (including phenoxy) is 1. The maximum absolute atomic E-state index is 5.41. The lowest BCUT2D eigenvalue weighted by Crippen LogP contribution is -1.95. The van der Waals surface area contributed by atoms with E-state index in [-0.39, 0.29) is 0 Å². The third-order valence-corrected chi connectivity index (χ3v) is 3.33. The highest BCUT2D eigenvalue weighted by molar-refractivity contribution is 9.10. The molecule has 4 heteroatoms. The number of aromatic amines is 1. The van der Waals surface area contributed by atoms with Crippen LogP contribution < -0.4 is 0 Å². The van der Waals surface area contributed by atoms with Crippen molar-refractivity contribution in [1.29, 1.82) is 0 Å². The van der Waals surface area contributed by atoms with E-state index < -0.39 is 0 Å². The van der Waals surface area contributed by atoms with Gasteiger partial charge in [-0.15, -0.1) is 0 Å². The molecule has 15 heavy (non-hydrogen) atoms. The van der Waals surface area contributed by atoms with Gasteiger partial charge in [0.05, 0.1) is 6.61 Å². The number of pyridine rings is 1. The van der Waals surface area contributed by atoms with Gasteiger partial charge < -0.3 is 9.72 Å². The first kappa shape index (κ1) is 9.36. The average molecular weight is 267 g/mol. The van der Waals surface area contributed by atoms with Crippen molar-refractivity contribution in [2.75, 3.05) is 13.2 Å². The smallest absolute Gasteiger partial charge is 0.137 e. The maximum atomic E-state index is 5.41. The molecule has 0 amide bonds. The minimum absolute atomic E-state index is 0.523. The molecule has 3 heterocycles. The summed E-state index contributed by atoms with van der Waals surface area (Å²) in [6.07, 6.45) is 4.98. The topological polar surface area (TPSA) is 37.9 Å². The van der Waals surface area contributed by atoms with Gasteiger partial charge in [0.15, 0.2) is 0 Å². The van der Waals surface area contributed by atoms with Gasteiger partial charge in [-0.05, 0) is 34.0 Å². The second-order valence-corrected chi connectivity index (χ2v) is 4.77. The Labute approximate surface area is 96.0 Å². The fourth-order valence-corrected chi connectivity index (χ4v) is 2.45. The Hall–Kier alpha value is -0.870. The number of hydrogen-bond donors (Lipinski definition) is 1. The monoisotopic (exact) mass is 266 g/mol. The quantitative estimate of drug-likeness (QED) is 0.862. The van der Waals surface area contributed by atoms with Crippen LogP contribution in [0.5, 0.6) is 0 Å². The molecule has 0 radical (unpaired) electrons. The Kier molecular flexibility index (Phi) is 2.25. The number of aromatic nitrogens is 2. The van der Waals surface area contributed by atoms with E-state index >= 15 is 0 Å². The second kappa shape index (κ2) is 3.61. The van der Waals surface area contributed by atoms with Crippen LogP contribution in [0.15, 0.2) is 22.9 Å². The lowest BCUT2D eigenvalue weighted by molar-refractivity contribution is 0.194. The number of rotatable bonds is 1. The summed E-state index contributed by atoms with van der Waals surface area (Å²) in [5, 5.41) is 1.21. The van der Waals surface area contributed by atoms with Gasteiger partial charge in [0, 0.05) is 34.8 Å². The molecule has 0 bridgehead atoms. The molecule has 1 fully saturated rings. The van der Waals surface area contributed by atoms with Crippen LogP contribution in [0.25, 0.3) is 11.0 Å². The Morgan fingerprint density at radius 3 is 3.27 bits per heavy atom. The van der Waals surface area contributed by atoms with Gasteiger partial charge in [-0.1, -0.05) is 0 Å². The van der Waals surface area contributed by atoms with Crippen molar-refractivity contribution in [3.63, 3.8) is 0 Å². The predicted molar refractivity (Wildman–Crippen MR) is 62.0 cm³/mol. The molecule has 0 aliphatic carbocycles. The predicted octanol–water partition coefficient (Wildman–Crippen LogP) is 2.83. The Balaban J connectivity index is 2.13. The highest BCUT2D eigenvalue weighted by Gasteiger charge is 2.21. The van der Waals surface area contributed by atoms with Crippen molar-refractivity contribution in [3.05, 3.63) is 28.5 Å². The molecular formula is C11H11BrN2O. The highest BCUT2D eigenvalue weighted by Crippen LogP contribution is 2.31. The minimum atomic E-state index is 0.523. The molecule has 2 aromatic rings. The largest absolute Gasteiger partial charge is 0.381 e. The normalized spacial score (nSPS) is 21.3. The van der Waals surface area contributed by atoms with Crippen molar-refractivity contribution in [2.45, 2.75) is 12.3 Å². The van der Waals surface area contributed by atoms with Crippen LogP contribution >= 0.6 is 15.9 Å². The maximum Gasteiger partial charge on any atom is 0.137 e. The zero-order valence-electron chi connectivity index (χ0n) is 8.16. The van der Waals surface area contributed by atoms with Crippen molar-refractivity contribution >= 4 is 27.0 Å². The zero-order valence-corrected chi connectivity index (χ0v) is 9.75. The van der Waals surface area contributed by atoms with E-state index in [2.05, 4.69) is 38.2 Å².